The molecule has 0 aromatic carbocycles. The summed E-state index contributed by atoms with van der Waals surface area (Å²) >= 11 is 0. The standard InChI is InChI=1S/C16H26N2O2/c1-15(2)9-6-12(10-15)18-11-13(19)17-16(14(18)20)7-4-3-5-8-16/h12H,3-11H2,1-2H3,(H,17,19). The first-order chi connectivity index (χ1) is 9.42. The summed E-state index contributed by atoms with van der Waals surface area (Å²) in [6.07, 6.45) is 8.15. The largest absolute Gasteiger partial charge is 0.340 e. The number of hydrogen-bond donors (Lipinski definition) is 1. The summed E-state index contributed by atoms with van der Waals surface area (Å²) in [6, 6.07) is 0.266. The molecule has 1 aliphatic heterocycles. The summed E-state index contributed by atoms with van der Waals surface area (Å²) in [5.41, 5.74) is -0.265. The fourth-order valence-corrected chi connectivity index (χ4v) is 4.32. The van der Waals surface area contributed by atoms with Crippen LogP contribution in [-0.4, -0.2) is 34.8 Å². The van der Waals surface area contributed by atoms with E-state index in [4.69, 9.17) is 0 Å². The van der Waals surface area contributed by atoms with Crippen LogP contribution in [0, 0.1) is 5.41 Å². The smallest absolute Gasteiger partial charge is 0.249 e. The molecule has 0 aromatic rings. The van der Waals surface area contributed by atoms with Crippen molar-refractivity contribution in [2.45, 2.75) is 76.8 Å². The minimum atomic E-state index is -0.569. The second-order valence-corrected chi connectivity index (χ2v) is 7.68. The van der Waals surface area contributed by atoms with Gasteiger partial charge in [0.1, 0.15) is 5.54 Å². The van der Waals surface area contributed by atoms with Crippen LogP contribution >= 0.6 is 0 Å². The molecule has 0 radical (unpaired) electrons. The predicted octanol–water partition coefficient (Wildman–Crippen LogP) is 2.23. The fraction of sp³-hybridized carbons (Fsp3) is 0.875. The molecule has 3 fully saturated rings. The van der Waals surface area contributed by atoms with E-state index in [-0.39, 0.29) is 24.4 Å². The highest BCUT2D eigenvalue weighted by atomic mass is 16.2. The maximum atomic E-state index is 13.0. The summed E-state index contributed by atoms with van der Waals surface area (Å²) in [4.78, 5) is 27.0. The van der Waals surface area contributed by atoms with E-state index in [1.807, 2.05) is 4.90 Å². The average Bonchev–Trinajstić information content (AvgIpc) is 2.75. The second-order valence-electron chi connectivity index (χ2n) is 7.68. The third-order valence-electron chi connectivity index (χ3n) is 5.45. The molecule has 3 rings (SSSR count). The van der Waals surface area contributed by atoms with E-state index in [1.54, 1.807) is 0 Å². The van der Waals surface area contributed by atoms with Gasteiger partial charge in [0.25, 0.3) is 0 Å². The van der Waals surface area contributed by atoms with E-state index in [0.717, 1.165) is 44.9 Å². The highest BCUT2D eigenvalue weighted by Gasteiger charge is 2.50. The molecule has 0 bridgehead atoms. The molecular weight excluding hydrogens is 252 g/mol. The third kappa shape index (κ3) is 2.33. The van der Waals surface area contributed by atoms with Crippen LogP contribution < -0.4 is 5.32 Å². The Morgan fingerprint density at radius 1 is 1.10 bits per heavy atom. The van der Waals surface area contributed by atoms with Gasteiger partial charge in [0.2, 0.25) is 11.8 Å². The van der Waals surface area contributed by atoms with Crippen LogP contribution in [0.2, 0.25) is 0 Å². The van der Waals surface area contributed by atoms with Gasteiger partial charge in [0.05, 0.1) is 6.54 Å². The zero-order valence-electron chi connectivity index (χ0n) is 12.7. The van der Waals surface area contributed by atoms with Gasteiger partial charge in [-0.05, 0) is 37.5 Å². The van der Waals surface area contributed by atoms with Crippen molar-refractivity contribution in [1.29, 1.82) is 0 Å². The molecule has 3 aliphatic rings. The van der Waals surface area contributed by atoms with Crippen molar-refractivity contribution in [3.63, 3.8) is 0 Å². The lowest BCUT2D eigenvalue weighted by Gasteiger charge is -2.46. The lowest BCUT2D eigenvalue weighted by atomic mass is 9.79. The minimum absolute atomic E-state index is 0.0382. The van der Waals surface area contributed by atoms with Crippen LogP contribution in [-0.2, 0) is 9.59 Å². The van der Waals surface area contributed by atoms with Gasteiger partial charge in [-0.15, -0.1) is 0 Å². The molecule has 2 amide bonds. The summed E-state index contributed by atoms with van der Waals surface area (Å²) < 4.78 is 0. The van der Waals surface area contributed by atoms with Crippen molar-refractivity contribution < 1.29 is 9.59 Å². The highest BCUT2D eigenvalue weighted by molar-refractivity contribution is 5.98. The topological polar surface area (TPSA) is 49.4 Å². The van der Waals surface area contributed by atoms with Crippen molar-refractivity contribution in [3.8, 4) is 0 Å². The molecule has 2 saturated carbocycles. The van der Waals surface area contributed by atoms with Crippen molar-refractivity contribution >= 4 is 11.8 Å². The lowest BCUT2D eigenvalue weighted by molar-refractivity contribution is -0.154. The number of carbonyl (C=O) groups excluding carboxylic acids is 2. The number of amides is 2. The maximum absolute atomic E-state index is 13.0. The molecule has 1 heterocycles. The van der Waals surface area contributed by atoms with E-state index < -0.39 is 5.54 Å². The van der Waals surface area contributed by atoms with Crippen molar-refractivity contribution in [2.24, 2.45) is 5.41 Å². The zero-order chi connectivity index (χ0) is 14.4. The van der Waals surface area contributed by atoms with Crippen LogP contribution in [0.1, 0.15) is 65.2 Å². The van der Waals surface area contributed by atoms with E-state index in [9.17, 15) is 9.59 Å². The van der Waals surface area contributed by atoms with Crippen LogP contribution in [0.5, 0.6) is 0 Å². The highest BCUT2D eigenvalue weighted by Crippen LogP contribution is 2.41. The molecular formula is C16H26N2O2. The van der Waals surface area contributed by atoms with E-state index in [1.165, 1.54) is 6.42 Å². The van der Waals surface area contributed by atoms with Crippen LogP contribution in [0.3, 0.4) is 0 Å². The normalized spacial score (nSPS) is 32.5. The monoisotopic (exact) mass is 278 g/mol. The van der Waals surface area contributed by atoms with Gasteiger partial charge in [0.15, 0.2) is 0 Å². The van der Waals surface area contributed by atoms with Gasteiger partial charge in [-0.2, -0.15) is 0 Å². The minimum Gasteiger partial charge on any atom is -0.340 e. The third-order valence-corrected chi connectivity index (χ3v) is 5.45. The number of carbonyl (C=O) groups is 2. The molecule has 1 spiro atoms. The molecule has 1 saturated heterocycles. The Morgan fingerprint density at radius 3 is 2.40 bits per heavy atom. The SMILES string of the molecule is CC1(C)CCC(N2CC(=O)NC3(CCCCC3)C2=O)C1. The van der Waals surface area contributed by atoms with E-state index in [2.05, 4.69) is 19.2 Å². The Balaban J connectivity index is 1.81. The Kier molecular flexibility index (Phi) is 3.30. The predicted molar refractivity (Wildman–Crippen MR) is 77.1 cm³/mol. The lowest BCUT2D eigenvalue weighted by Crippen LogP contribution is -2.68. The van der Waals surface area contributed by atoms with Crippen molar-refractivity contribution in [1.82, 2.24) is 10.2 Å². The summed E-state index contributed by atoms with van der Waals surface area (Å²) in [5.74, 6) is 0.232. The molecule has 20 heavy (non-hydrogen) atoms. The number of piperazine rings is 1. The Bertz CT molecular complexity index is 424. The van der Waals surface area contributed by atoms with Crippen LogP contribution in [0.15, 0.2) is 0 Å². The molecule has 0 aromatic heterocycles. The van der Waals surface area contributed by atoms with Gasteiger partial charge in [-0.25, -0.2) is 0 Å². The Hall–Kier alpha value is -1.06. The molecule has 2 aliphatic carbocycles. The Morgan fingerprint density at radius 2 is 1.80 bits per heavy atom. The first kappa shape index (κ1) is 13.9. The summed E-state index contributed by atoms with van der Waals surface area (Å²) in [5, 5.41) is 3.03. The summed E-state index contributed by atoms with van der Waals surface area (Å²) in [7, 11) is 0. The van der Waals surface area contributed by atoms with Crippen molar-refractivity contribution in [2.75, 3.05) is 6.54 Å². The number of rotatable bonds is 1. The Labute approximate surface area is 121 Å². The number of hydrogen-bond acceptors (Lipinski definition) is 2. The molecule has 1 atom stereocenters. The molecule has 1 N–H and O–H groups in total. The second kappa shape index (κ2) is 4.74. The quantitative estimate of drug-likeness (QED) is 0.799. The van der Waals surface area contributed by atoms with Crippen LogP contribution in [0.25, 0.3) is 0 Å². The number of nitrogens with zero attached hydrogens (tertiary/aromatic N) is 1. The van der Waals surface area contributed by atoms with Gasteiger partial charge < -0.3 is 10.2 Å². The maximum Gasteiger partial charge on any atom is 0.249 e. The van der Waals surface area contributed by atoms with Gasteiger partial charge >= 0.3 is 0 Å². The van der Waals surface area contributed by atoms with Crippen molar-refractivity contribution in [3.05, 3.63) is 0 Å². The van der Waals surface area contributed by atoms with Gasteiger partial charge in [-0.1, -0.05) is 33.1 Å². The average molecular weight is 278 g/mol. The van der Waals surface area contributed by atoms with E-state index >= 15 is 0 Å². The molecule has 4 heteroatoms. The first-order valence-corrected chi connectivity index (χ1v) is 8.04. The van der Waals surface area contributed by atoms with E-state index in [0.29, 0.717) is 5.41 Å². The number of nitrogens with one attached hydrogen (secondary N) is 1. The fourth-order valence-electron chi connectivity index (χ4n) is 4.32. The molecule has 1 unspecified atom stereocenters. The summed E-state index contributed by atoms with van der Waals surface area (Å²) in [6.45, 7) is 4.79. The van der Waals surface area contributed by atoms with Crippen LogP contribution in [0.4, 0.5) is 0 Å². The van der Waals surface area contributed by atoms with Gasteiger partial charge in [-0.3, -0.25) is 9.59 Å². The zero-order valence-corrected chi connectivity index (χ0v) is 12.7. The molecule has 112 valence electrons. The van der Waals surface area contributed by atoms with Gasteiger partial charge in [0, 0.05) is 6.04 Å². The molecule has 4 nitrogen and oxygen atoms in total. The first-order valence-electron chi connectivity index (χ1n) is 8.04.